The van der Waals surface area contributed by atoms with Crippen LogP contribution in [0.25, 0.3) is 0 Å². The van der Waals surface area contributed by atoms with Crippen molar-refractivity contribution in [3.05, 3.63) is 35.4 Å². The van der Waals surface area contributed by atoms with Crippen LogP contribution in [-0.4, -0.2) is 58.9 Å². The lowest BCUT2D eigenvalue weighted by Gasteiger charge is -2.35. The molecule has 1 saturated heterocycles. The minimum atomic E-state index is -0.889. The maximum absolute atomic E-state index is 12.4. The van der Waals surface area contributed by atoms with E-state index in [0.717, 1.165) is 11.1 Å². The molecule has 24 heavy (non-hydrogen) atoms. The highest BCUT2D eigenvalue weighted by atomic mass is 16.4. The molecule has 2 aliphatic rings. The fraction of sp³-hybridized carbons (Fsp3) is 0.500. The second kappa shape index (κ2) is 6.63. The molecular weight excluding hydrogens is 308 g/mol. The molecule has 2 amide bonds. The summed E-state index contributed by atoms with van der Waals surface area (Å²) in [6, 6.07) is 7.84. The van der Waals surface area contributed by atoms with Crippen LogP contribution in [0.2, 0.25) is 0 Å². The van der Waals surface area contributed by atoms with E-state index in [0.29, 0.717) is 39.0 Å². The van der Waals surface area contributed by atoms with E-state index in [4.69, 9.17) is 5.11 Å². The molecule has 1 aromatic carbocycles. The quantitative estimate of drug-likeness (QED) is 0.891. The first-order chi connectivity index (χ1) is 11.5. The topological polar surface area (TPSA) is 77.9 Å². The molecule has 1 heterocycles. The van der Waals surface area contributed by atoms with Gasteiger partial charge in [0.05, 0.1) is 18.3 Å². The Kier molecular flexibility index (Phi) is 4.55. The average Bonchev–Trinajstić information content (AvgIpc) is 3.37. The number of carboxylic acids is 1. The van der Waals surface area contributed by atoms with Crippen molar-refractivity contribution < 1.29 is 19.5 Å². The van der Waals surface area contributed by atoms with E-state index in [-0.39, 0.29) is 17.7 Å². The third-order valence-electron chi connectivity index (χ3n) is 4.97. The maximum atomic E-state index is 12.4. The van der Waals surface area contributed by atoms with Gasteiger partial charge in [0.1, 0.15) is 0 Å². The molecule has 2 fully saturated rings. The summed E-state index contributed by atoms with van der Waals surface area (Å²) >= 11 is 0. The summed E-state index contributed by atoms with van der Waals surface area (Å²) < 4.78 is 0. The van der Waals surface area contributed by atoms with E-state index < -0.39 is 11.9 Å². The second-order valence-corrected chi connectivity index (χ2v) is 6.60. The largest absolute Gasteiger partial charge is 0.481 e. The number of nitrogens with zero attached hydrogens (tertiary/aromatic N) is 2. The standard InChI is InChI=1S/C18H22N2O4/c1-12-4-2-3-5-13(12)10-16(21)19-6-8-20(9-7-19)17(22)14-11-15(14)18(23)24/h2-5,14-15H,6-11H2,1H3,(H,23,24). The number of aryl methyl sites for hydroxylation is 1. The molecule has 0 bridgehead atoms. The zero-order valence-electron chi connectivity index (χ0n) is 13.8. The molecule has 0 aromatic heterocycles. The van der Waals surface area contributed by atoms with Crippen LogP contribution < -0.4 is 0 Å². The highest BCUT2D eigenvalue weighted by Gasteiger charge is 2.50. The Labute approximate surface area is 141 Å². The number of hydrogen-bond acceptors (Lipinski definition) is 3. The van der Waals surface area contributed by atoms with Crippen molar-refractivity contribution in [2.75, 3.05) is 26.2 Å². The Morgan fingerprint density at radius 2 is 1.67 bits per heavy atom. The summed E-state index contributed by atoms with van der Waals surface area (Å²) in [7, 11) is 0. The van der Waals surface area contributed by atoms with Gasteiger partial charge in [-0.3, -0.25) is 14.4 Å². The van der Waals surface area contributed by atoms with Crippen LogP contribution in [0.1, 0.15) is 17.5 Å². The molecule has 6 nitrogen and oxygen atoms in total. The zero-order chi connectivity index (χ0) is 17.3. The first kappa shape index (κ1) is 16.5. The van der Waals surface area contributed by atoms with Gasteiger partial charge in [-0.05, 0) is 24.5 Å². The molecule has 1 aliphatic carbocycles. The van der Waals surface area contributed by atoms with Crippen molar-refractivity contribution in [3.63, 3.8) is 0 Å². The molecule has 6 heteroatoms. The lowest BCUT2D eigenvalue weighted by molar-refractivity contribution is -0.143. The van der Waals surface area contributed by atoms with Crippen molar-refractivity contribution in [1.29, 1.82) is 0 Å². The van der Waals surface area contributed by atoms with Gasteiger partial charge < -0.3 is 14.9 Å². The second-order valence-electron chi connectivity index (χ2n) is 6.60. The third-order valence-corrected chi connectivity index (χ3v) is 4.97. The number of amides is 2. The predicted octanol–water partition coefficient (Wildman–Crippen LogP) is 0.929. The Bertz CT molecular complexity index is 665. The van der Waals surface area contributed by atoms with Crippen LogP contribution in [0.15, 0.2) is 24.3 Å². The van der Waals surface area contributed by atoms with Crippen LogP contribution in [0.5, 0.6) is 0 Å². The van der Waals surface area contributed by atoms with Gasteiger partial charge in [0.15, 0.2) is 0 Å². The highest BCUT2D eigenvalue weighted by Crippen LogP contribution is 2.40. The van der Waals surface area contributed by atoms with Gasteiger partial charge in [-0.15, -0.1) is 0 Å². The lowest BCUT2D eigenvalue weighted by atomic mass is 10.1. The molecule has 1 saturated carbocycles. The number of carbonyl (C=O) groups is 3. The van der Waals surface area contributed by atoms with Gasteiger partial charge >= 0.3 is 5.97 Å². The van der Waals surface area contributed by atoms with Crippen LogP contribution >= 0.6 is 0 Å². The van der Waals surface area contributed by atoms with Crippen LogP contribution in [-0.2, 0) is 20.8 Å². The van der Waals surface area contributed by atoms with Gasteiger partial charge in [0.2, 0.25) is 11.8 Å². The zero-order valence-corrected chi connectivity index (χ0v) is 13.8. The minimum Gasteiger partial charge on any atom is -0.481 e. The van der Waals surface area contributed by atoms with Gasteiger partial charge in [0, 0.05) is 26.2 Å². The summed E-state index contributed by atoms with van der Waals surface area (Å²) in [4.78, 5) is 39.0. The van der Waals surface area contributed by atoms with E-state index in [1.807, 2.05) is 31.2 Å². The van der Waals surface area contributed by atoms with Gasteiger partial charge in [0.25, 0.3) is 0 Å². The fourth-order valence-corrected chi connectivity index (χ4v) is 3.23. The molecular formula is C18H22N2O4. The number of hydrogen-bond donors (Lipinski definition) is 1. The van der Waals surface area contributed by atoms with Crippen molar-refractivity contribution in [2.24, 2.45) is 11.8 Å². The minimum absolute atomic E-state index is 0.0752. The third kappa shape index (κ3) is 3.42. The molecule has 1 N–H and O–H groups in total. The summed E-state index contributed by atoms with van der Waals surface area (Å²) in [5.41, 5.74) is 2.14. The number of benzene rings is 1. The summed E-state index contributed by atoms with van der Waals surface area (Å²) in [6.07, 6.45) is 0.824. The van der Waals surface area contributed by atoms with Crippen molar-refractivity contribution in [2.45, 2.75) is 19.8 Å². The Morgan fingerprint density at radius 3 is 2.25 bits per heavy atom. The van der Waals surface area contributed by atoms with E-state index in [1.54, 1.807) is 9.80 Å². The SMILES string of the molecule is Cc1ccccc1CC(=O)N1CCN(C(=O)C2CC2C(=O)O)CC1. The fourth-order valence-electron chi connectivity index (χ4n) is 3.23. The number of piperazine rings is 1. The monoisotopic (exact) mass is 330 g/mol. The molecule has 1 aliphatic heterocycles. The van der Waals surface area contributed by atoms with Gasteiger partial charge in [-0.25, -0.2) is 0 Å². The summed E-state index contributed by atoms with van der Waals surface area (Å²) in [5, 5.41) is 8.92. The molecule has 0 radical (unpaired) electrons. The molecule has 2 atom stereocenters. The first-order valence-corrected chi connectivity index (χ1v) is 8.31. The highest BCUT2D eigenvalue weighted by molar-refractivity contribution is 5.89. The first-order valence-electron chi connectivity index (χ1n) is 8.31. The Balaban J connectivity index is 1.50. The van der Waals surface area contributed by atoms with E-state index >= 15 is 0 Å². The van der Waals surface area contributed by atoms with Crippen molar-refractivity contribution in [3.8, 4) is 0 Å². The average molecular weight is 330 g/mol. The summed E-state index contributed by atoms with van der Waals surface area (Å²) in [6.45, 7) is 4.00. The predicted molar refractivity (Wildman–Crippen MR) is 87.3 cm³/mol. The van der Waals surface area contributed by atoms with Crippen LogP contribution in [0.4, 0.5) is 0 Å². The number of aliphatic carboxylic acids is 1. The molecule has 1 aromatic rings. The number of carbonyl (C=O) groups excluding carboxylic acids is 2. The maximum Gasteiger partial charge on any atom is 0.307 e. The van der Waals surface area contributed by atoms with Crippen LogP contribution in [0.3, 0.4) is 0 Å². The van der Waals surface area contributed by atoms with E-state index in [1.165, 1.54) is 0 Å². The van der Waals surface area contributed by atoms with E-state index in [9.17, 15) is 14.4 Å². The number of rotatable bonds is 4. The summed E-state index contributed by atoms with van der Waals surface area (Å²) in [5.74, 6) is -1.77. The smallest absolute Gasteiger partial charge is 0.307 e. The van der Waals surface area contributed by atoms with E-state index in [2.05, 4.69) is 0 Å². The van der Waals surface area contributed by atoms with Crippen molar-refractivity contribution >= 4 is 17.8 Å². The molecule has 128 valence electrons. The Hall–Kier alpha value is -2.37. The van der Waals surface area contributed by atoms with Gasteiger partial charge in [-0.1, -0.05) is 24.3 Å². The van der Waals surface area contributed by atoms with Crippen LogP contribution in [0, 0.1) is 18.8 Å². The molecule has 3 rings (SSSR count). The Morgan fingerprint density at radius 1 is 1.04 bits per heavy atom. The lowest BCUT2D eigenvalue weighted by Crippen LogP contribution is -2.51. The molecule has 2 unspecified atom stereocenters. The number of carboxylic acid groups (broad SMARTS) is 1. The van der Waals surface area contributed by atoms with Gasteiger partial charge in [-0.2, -0.15) is 0 Å². The molecule has 0 spiro atoms. The van der Waals surface area contributed by atoms with Crippen molar-refractivity contribution in [1.82, 2.24) is 9.80 Å². The normalized spacial score (nSPS) is 23.0.